The molecule has 2 aromatic carbocycles. The number of rotatable bonds is 5. The molecule has 0 saturated carbocycles. The standard InChI is InChI=1S/C17H17Cl2N3O2/c1-11(14-8-7-13(18)9-15(14)19)20-10-16(23)21-22-17(24)12-5-3-2-4-6-12/h2-9,11,20H,10H2,1H3,(H,21,23)(H,22,24)/p+1/t11-/m0/s1. The van der Waals surface area contributed by atoms with Crippen molar-refractivity contribution in [1.82, 2.24) is 10.9 Å². The Bertz CT molecular complexity index is 723. The first kappa shape index (κ1) is 18.3. The van der Waals surface area contributed by atoms with Gasteiger partial charge in [0.05, 0.1) is 5.02 Å². The molecule has 0 heterocycles. The molecule has 1 atom stereocenters. The van der Waals surface area contributed by atoms with Gasteiger partial charge in [-0.1, -0.05) is 47.5 Å². The fourth-order valence-electron chi connectivity index (χ4n) is 2.12. The first-order valence-electron chi connectivity index (χ1n) is 7.40. The first-order chi connectivity index (χ1) is 11.5. The summed E-state index contributed by atoms with van der Waals surface area (Å²) >= 11 is 12.0. The van der Waals surface area contributed by atoms with Crippen LogP contribution >= 0.6 is 23.2 Å². The Morgan fingerprint density at radius 2 is 1.79 bits per heavy atom. The number of hydrogen-bond donors (Lipinski definition) is 3. The van der Waals surface area contributed by atoms with Crippen LogP contribution in [0.5, 0.6) is 0 Å². The highest BCUT2D eigenvalue weighted by Crippen LogP contribution is 2.24. The van der Waals surface area contributed by atoms with E-state index in [0.29, 0.717) is 15.6 Å². The zero-order valence-corrected chi connectivity index (χ0v) is 14.6. The molecule has 0 spiro atoms. The van der Waals surface area contributed by atoms with Crippen LogP contribution in [0.3, 0.4) is 0 Å². The molecule has 0 bridgehead atoms. The van der Waals surface area contributed by atoms with Crippen molar-refractivity contribution in [1.29, 1.82) is 0 Å². The number of hydrogen-bond acceptors (Lipinski definition) is 2. The average Bonchev–Trinajstić information content (AvgIpc) is 2.58. The van der Waals surface area contributed by atoms with E-state index in [0.717, 1.165) is 5.56 Å². The lowest BCUT2D eigenvalue weighted by Gasteiger charge is -2.13. The van der Waals surface area contributed by atoms with E-state index in [-0.39, 0.29) is 24.4 Å². The second-order valence-electron chi connectivity index (χ2n) is 5.26. The van der Waals surface area contributed by atoms with Crippen LogP contribution in [0.25, 0.3) is 0 Å². The molecule has 2 aromatic rings. The van der Waals surface area contributed by atoms with Crippen LogP contribution in [0.2, 0.25) is 10.0 Å². The largest absolute Gasteiger partial charge is 0.332 e. The molecule has 0 unspecified atom stereocenters. The first-order valence-corrected chi connectivity index (χ1v) is 8.15. The second kappa shape index (κ2) is 8.68. The van der Waals surface area contributed by atoms with Gasteiger partial charge in [0.25, 0.3) is 11.8 Å². The van der Waals surface area contributed by atoms with Crippen LogP contribution in [-0.2, 0) is 4.79 Å². The summed E-state index contributed by atoms with van der Waals surface area (Å²) < 4.78 is 0. The summed E-state index contributed by atoms with van der Waals surface area (Å²) in [6.45, 7) is 2.08. The number of nitrogens with two attached hydrogens (primary N) is 1. The Balaban J connectivity index is 1.79. The summed E-state index contributed by atoms with van der Waals surface area (Å²) in [4.78, 5) is 23.7. The zero-order chi connectivity index (χ0) is 17.5. The Kier molecular flexibility index (Phi) is 6.61. The van der Waals surface area contributed by atoms with Gasteiger partial charge in [0.2, 0.25) is 0 Å². The molecule has 0 fully saturated rings. The van der Waals surface area contributed by atoms with Crippen molar-refractivity contribution in [2.45, 2.75) is 13.0 Å². The van der Waals surface area contributed by atoms with E-state index in [1.165, 1.54) is 0 Å². The highest BCUT2D eigenvalue weighted by Gasteiger charge is 2.15. The second-order valence-corrected chi connectivity index (χ2v) is 6.11. The zero-order valence-electron chi connectivity index (χ0n) is 13.1. The molecule has 0 aliphatic rings. The fraction of sp³-hybridized carbons (Fsp3) is 0.176. The molecule has 5 nitrogen and oxygen atoms in total. The summed E-state index contributed by atoms with van der Waals surface area (Å²) in [5.41, 5.74) is 6.13. The maximum atomic E-state index is 11.8. The number of halogens is 2. The van der Waals surface area contributed by atoms with Crippen molar-refractivity contribution >= 4 is 35.0 Å². The van der Waals surface area contributed by atoms with Crippen LogP contribution in [0.4, 0.5) is 0 Å². The van der Waals surface area contributed by atoms with Gasteiger partial charge in [-0.15, -0.1) is 0 Å². The highest BCUT2D eigenvalue weighted by atomic mass is 35.5. The minimum Gasteiger partial charge on any atom is -0.332 e. The normalized spacial score (nSPS) is 11.6. The maximum absolute atomic E-state index is 11.8. The van der Waals surface area contributed by atoms with Crippen molar-refractivity contribution in [2.24, 2.45) is 0 Å². The predicted octanol–water partition coefficient (Wildman–Crippen LogP) is 2.08. The summed E-state index contributed by atoms with van der Waals surface area (Å²) in [6, 6.07) is 13.9. The molecule has 7 heteroatoms. The van der Waals surface area contributed by atoms with Crippen molar-refractivity contribution < 1.29 is 14.9 Å². The lowest BCUT2D eigenvalue weighted by molar-refractivity contribution is -0.682. The van der Waals surface area contributed by atoms with Crippen LogP contribution in [0.15, 0.2) is 48.5 Å². The van der Waals surface area contributed by atoms with Crippen molar-refractivity contribution in [3.8, 4) is 0 Å². The number of carbonyl (C=O) groups excluding carboxylic acids is 2. The van der Waals surface area contributed by atoms with Gasteiger partial charge < -0.3 is 5.32 Å². The predicted molar refractivity (Wildman–Crippen MR) is 93.7 cm³/mol. The lowest BCUT2D eigenvalue weighted by atomic mass is 10.1. The number of hydrazine groups is 1. The number of amides is 2. The molecule has 0 saturated heterocycles. The number of nitrogens with one attached hydrogen (secondary N) is 2. The Morgan fingerprint density at radius 3 is 2.46 bits per heavy atom. The van der Waals surface area contributed by atoms with Gasteiger partial charge in [-0.05, 0) is 31.2 Å². The van der Waals surface area contributed by atoms with E-state index in [1.54, 1.807) is 36.4 Å². The molecule has 2 rings (SSSR count). The quantitative estimate of drug-likeness (QED) is 0.708. The SMILES string of the molecule is C[C@H]([NH2+]CC(=O)NNC(=O)c1ccccc1)c1ccc(Cl)cc1Cl. The van der Waals surface area contributed by atoms with Crippen LogP contribution in [-0.4, -0.2) is 18.4 Å². The Hall–Kier alpha value is -2.08. The molecule has 24 heavy (non-hydrogen) atoms. The van der Waals surface area contributed by atoms with Crippen LogP contribution < -0.4 is 16.2 Å². The number of carbonyl (C=O) groups is 2. The fourth-order valence-corrected chi connectivity index (χ4v) is 2.70. The minimum absolute atomic E-state index is 0.0228. The van der Waals surface area contributed by atoms with E-state index >= 15 is 0 Å². The number of benzene rings is 2. The monoisotopic (exact) mass is 366 g/mol. The van der Waals surface area contributed by atoms with E-state index in [2.05, 4.69) is 10.9 Å². The third-order valence-electron chi connectivity index (χ3n) is 3.46. The van der Waals surface area contributed by atoms with Gasteiger partial charge in [0, 0.05) is 16.1 Å². The summed E-state index contributed by atoms with van der Waals surface area (Å²) in [7, 11) is 0. The molecule has 2 amide bonds. The van der Waals surface area contributed by atoms with Gasteiger partial charge in [0.15, 0.2) is 6.54 Å². The molecular weight excluding hydrogens is 349 g/mol. The summed E-state index contributed by atoms with van der Waals surface area (Å²) in [6.07, 6.45) is 0. The third kappa shape index (κ3) is 5.23. The van der Waals surface area contributed by atoms with Crippen molar-refractivity contribution in [2.75, 3.05) is 6.54 Å². The van der Waals surface area contributed by atoms with E-state index in [4.69, 9.17) is 23.2 Å². The number of quaternary nitrogens is 1. The summed E-state index contributed by atoms with van der Waals surface area (Å²) in [5.74, 6) is -0.672. The van der Waals surface area contributed by atoms with Crippen molar-refractivity contribution in [3.05, 3.63) is 69.7 Å². The van der Waals surface area contributed by atoms with Gasteiger partial charge in [0.1, 0.15) is 6.04 Å². The van der Waals surface area contributed by atoms with Crippen molar-refractivity contribution in [3.63, 3.8) is 0 Å². The van der Waals surface area contributed by atoms with Gasteiger partial charge in [-0.3, -0.25) is 20.4 Å². The Labute approximate surface area is 150 Å². The Morgan fingerprint density at radius 1 is 1.08 bits per heavy atom. The van der Waals surface area contributed by atoms with Crippen LogP contribution in [0.1, 0.15) is 28.9 Å². The van der Waals surface area contributed by atoms with Gasteiger partial charge in [-0.2, -0.15) is 0 Å². The maximum Gasteiger partial charge on any atom is 0.293 e. The molecule has 0 aromatic heterocycles. The van der Waals surface area contributed by atoms with Crippen LogP contribution in [0, 0.1) is 0 Å². The molecule has 0 aliphatic heterocycles. The van der Waals surface area contributed by atoms with Gasteiger partial charge >= 0.3 is 0 Å². The molecule has 126 valence electrons. The smallest absolute Gasteiger partial charge is 0.293 e. The average molecular weight is 367 g/mol. The molecule has 0 aliphatic carbocycles. The third-order valence-corrected chi connectivity index (χ3v) is 4.02. The topological polar surface area (TPSA) is 74.8 Å². The molecule has 0 radical (unpaired) electrons. The van der Waals surface area contributed by atoms with E-state index in [1.807, 2.05) is 24.4 Å². The van der Waals surface area contributed by atoms with Gasteiger partial charge in [-0.25, -0.2) is 0 Å². The molecule has 4 N–H and O–H groups in total. The molecular formula is C17H18Cl2N3O2+. The summed E-state index contributed by atoms with van der Waals surface area (Å²) in [5, 5.41) is 2.94. The van der Waals surface area contributed by atoms with E-state index in [9.17, 15) is 9.59 Å². The van der Waals surface area contributed by atoms with E-state index < -0.39 is 0 Å². The minimum atomic E-state index is -0.363. The highest BCUT2D eigenvalue weighted by molar-refractivity contribution is 6.35. The lowest BCUT2D eigenvalue weighted by Crippen LogP contribution is -2.87.